The van der Waals surface area contributed by atoms with E-state index in [-0.39, 0.29) is 11.7 Å². The first-order valence-corrected chi connectivity index (χ1v) is 18.0. The molecule has 3 heterocycles. The van der Waals surface area contributed by atoms with Gasteiger partial charge in [-0.15, -0.1) is 0 Å². The fraction of sp³-hybridized carbons (Fsp3) is 0.429. The van der Waals surface area contributed by atoms with Crippen molar-refractivity contribution >= 4 is 23.3 Å². The van der Waals surface area contributed by atoms with Crippen molar-refractivity contribution in [3.05, 3.63) is 95.7 Å². The number of piperidine rings is 1. The predicted molar refractivity (Wildman–Crippen MR) is 197 cm³/mol. The number of allylic oxidation sites excluding steroid dienone is 5. The summed E-state index contributed by atoms with van der Waals surface area (Å²) in [6.07, 6.45) is 19.9. The molecule has 6 heteroatoms. The highest BCUT2D eigenvalue weighted by Gasteiger charge is 2.25. The van der Waals surface area contributed by atoms with E-state index in [2.05, 4.69) is 73.2 Å². The molecule has 1 aromatic heterocycles. The maximum atomic E-state index is 12.9. The van der Waals surface area contributed by atoms with E-state index in [0.29, 0.717) is 17.9 Å². The molecule has 0 spiro atoms. The van der Waals surface area contributed by atoms with Gasteiger partial charge in [-0.1, -0.05) is 44.2 Å². The van der Waals surface area contributed by atoms with E-state index in [1.165, 1.54) is 5.71 Å². The molecule has 1 saturated heterocycles. The number of rotatable bonds is 9. The van der Waals surface area contributed by atoms with Gasteiger partial charge in [-0.05, 0) is 144 Å². The average Bonchev–Trinajstić information content (AvgIpc) is 3.08. The molecule has 3 aromatic rings. The predicted octanol–water partition coefficient (Wildman–Crippen LogP) is 10.1. The van der Waals surface area contributed by atoms with Crippen LogP contribution in [0, 0.1) is 11.8 Å². The molecule has 0 bridgehead atoms. The van der Waals surface area contributed by atoms with Crippen molar-refractivity contribution in [2.75, 3.05) is 13.1 Å². The number of aliphatic imine (C=N–C) groups is 1. The third kappa shape index (κ3) is 8.46. The number of benzene rings is 2. The van der Waals surface area contributed by atoms with Gasteiger partial charge in [-0.25, -0.2) is 0 Å². The lowest BCUT2D eigenvalue weighted by molar-refractivity contribution is -0.118. The number of hydrogen-bond acceptors (Lipinski definition) is 6. The fourth-order valence-corrected chi connectivity index (χ4v) is 6.99. The summed E-state index contributed by atoms with van der Waals surface area (Å²) in [5.74, 6) is 2.64. The lowest BCUT2D eigenvalue weighted by Gasteiger charge is -2.35. The molecular formula is C42H50N4O2. The van der Waals surface area contributed by atoms with Crippen molar-refractivity contribution in [1.29, 1.82) is 0 Å². The molecule has 0 radical (unpaired) electrons. The number of aryl methyl sites for hydroxylation is 1. The number of carbonyl (C=O) groups is 1. The number of aromatic nitrogens is 2. The maximum absolute atomic E-state index is 12.9. The van der Waals surface area contributed by atoms with Gasteiger partial charge in [0.05, 0.1) is 17.1 Å². The third-order valence-corrected chi connectivity index (χ3v) is 10.1. The van der Waals surface area contributed by atoms with Crippen LogP contribution in [0.4, 0.5) is 5.69 Å². The largest absolute Gasteiger partial charge is 0.457 e. The Balaban J connectivity index is 1.29. The van der Waals surface area contributed by atoms with Crippen LogP contribution in [0.3, 0.4) is 0 Å². The zero-order chi connectivity index (χ0) is 33.5. The Labute approximate surface area is 286 Å². The number of likely N-dealkylation sites (tertiary alicyclic amines) is 1. The first-order valence-electron chi connectivity index (χ1n) is 18.0. The van der Waals surface area contributed by atoms with Gasteiger partial charge in [0.2, 0.25) is 0 Å². The lowest BCUT2D eigenvalue weighted by atomic mass is 9.87. The Hall–Kier alpha value is -4.16. The molecule has 3 aliphatic rings. The minimum atomic E-state index is 0.000379. The molecule has 48 heavy (non-hydrogen) atoms. The molecule has 1 fully saturated rings. The molecule has 6 nitrogen and oxygen atoms in total. The van der Waals surface area contributed by atoms with E-state index in [1.54, 1.807) is 6.08 Å². The molecule has 1 atom stereocenters. The van der Waals surface area contributed by atoms with Gasteiger partial charge in [0, 0.05) is 34.9 Å². The monoisotopic (exact) mass is 642 g/mol. The Morgan fingerprint density at radius 2 is 1.69 bits per heavy atom. The summed E-state index contributed by atoms with van der Waals surface area (Å²) in [5.41, 5.74) is 7.34. The van der Waals surface area contributed by atoms with Crippen molar-refractivity contribution in [2.24, 2.45) is 16.8 Å². The number of fused-ring (bicyclic) bond motifs is 1. The van der Waals surface area contributed by atoms with Crippen LogP contribution in [0.2, 0.25) is 0 Å². The van der Waals surface area contributed by atoms with Gasteiger partial charge in [-0.3, -0.25) is 9.79 Å². The number of hydrogen-bond donors (Lipinski definition) is 0. The van der Waals surface area contributed by atoms with Crippen LogP contribution in [0.1, 0.15) is 95.4 Å². The second kappa shape index (κ2) is 15.8. The summed E-state index contributed by atoms with van der Waals surface area (Å²) >= 11 is 0. The third-order valence-electron chi connectivity index (χ3n) is 10.1. The summed E-state index contributed by atoms with van der Waals surface area (Å²) in [5, 5.41) is 8.86. The van der Waals surface area contributed by atoms with Crippen molar-refractivity contribution in [1.82, 2.24) is 15.1 Å². The summed E-state index contributed by atoms with van der Waals surface area (Å²) in [6, 6.07) is 17.1. The zero-order valence-corrected chi connectivity index (χ0v) is 29.1. The maximum Gasteiger partial charge on any atom is 0.158 e. The Kier molecular flexibility index (Phi) is 11.1. The second-order valence-electron chi connectivity index (χ2n) is 14.1. The van der Waals surface area contributed by atoms with Crippen molar-refractivity contribution in [2.45, 2.75) is 91.0 Å². The van der Waals surface area contributed by atoms with Crippen molar-refractivity contribution < 1.29 is 9.53 Å². The Morgan fingerprint density at radius 1 is 0.875 bits per heavy atom. The second-order valence-corrected chi connectivity index (χ2v) is 14.1. The van der Waals surface area contributed by atoms with Crippen LogP contribution in [0.15, 0.2) is 83.9 Å². The first-order chi connectivity index (χ1) is 23.3. The SMILES string of the molecule is CC(C)c1ccc(-c2ccc(Oc3cc4c(cc3CCC3CCC=CC=CC3=O)C=CCCC(C3CCN(C(C)C)CC3)=N4)cc2)nn1. The zero-order valence-electron chi connectivity index (χ0n) is 29.1. The first kappa shape index (κ1) is 33.7. The average molecular weight is 643 g/mol. The molecule has 1 unspecified atom stereocenters. The molecule has 0 saturated carbocycles. The summed E-state index contributed by atoms with van der Waals surface area (Å²) < 4.78 is 6.68. The van der Waals surface area contributed by atoms with Crippen LogP contribution >= 0.6 is 0 Å². The van der Waals surface area contributed by atoms with E-state index in [9.17, 15) is 4.79 Å². The van der Waals surface area contributed by atoms with Gasteiger partial charge in [0.15, 0.2) is 5.78 Å². The molecular weight excluding hydrogens is 592 g/mol. The van der Waals surface area contributed by atoms with Crippen molar-refractivity contribution in [3.63, 3.8) is 0 Å². The standard InChI is InChI=1S/C42H50N4O2/c1-29(2)37-21-22-39(45-44-37)31-17-19-36(20-18-31)48-42-28-40-34(27-35(42)16-15-33-11-7-5-6-8-14-41(33)47)12-9-10-13-38(43-40)32-23-25-46(26-24-32)30(3)4/h5-6,8-9,12,14,17-22,27-30,32-33H,7,10-11,13,15-16,23-26H2,1-4H3. The van der Waals surface area contributed by atoms with Gasteiger partial charge in [-0.2, -0.15) is 10.2 Å². The summed E-state index contributed by atoms with van der Waals surface area (Å²) in [6.45, 7) is 11.1. The molecule has 0 amide bonds. The van der Waals surface area contributed by atoms with Crippen molar-refractivity contribution in [3.8, 4) is 22.8 Å². The van der Waals surface area contributed by atoms with Crippen LogP contribution in [-0.4, -0.2) is 45.7 Å². The van der Waals surface area contributed by atoms with Crippen LogP contribution < -0.4 is 4.74 Å². The minimum absolute atomic E-state index is 0.000379. The molecule has 250 valence electrons. The lowest BCUT2D eigenvalue weighted by Crippen LogP contribution is -2.40. The Bertz CT molecular complexity index is 1670. The van der Waals surface area contributed by atoms with Crippen LogP contribution in [-0.2, 0) is 11.2 Å². The highest BCUT2D eigenvalue weighted by atomic mass is 16.5. The smallest absolute Gasteiger partial charge is 0.158 e. The number of carbonyl (C=O) groups excluding carboxylic acids is 1. The van der Waals surface area contributed by atoms with Crippen LogP contribution in [0.5, 0.6) is 11.5 Å². The van der Waals surface area contributed by atoms with E-state index < -0.39 is 0 Å². The Morgan fingerprint density at radius 3 is 2.42 bits per heavy atom. The van der Waals surface area contributed by atoms with Gasteiger partial charge >= 0.3 is 0 Å². The van der Waals surface area contributed by atoms with Crippen LogP contribution in [0.25, 0.3) is 17.3 Å². The van der Waals surface area contributed by atoms with Gasteiger partial charge < -0.3 is 9.64 Å². The summed E-state index contributed by atoms with van der Waals surface area (Å²) in [4.78, 5) is 20.9. The highest BCUT2D eigenvalue weighted by Crippen LogP contribution is 2.38. The molecule has 2 aliphatic heterocycles. The molecule has 1 aliphatic carbocycles. The number of ketones is 1. The van der Waals surface area contributed by atoms with E-state index >= 15 is 0 Å². The number of ether oxygens (including phenoxy) is 1. The van der Waals surface area contributed by atoms with Gasteiger partial charge in [0.1, 0.15) is 11.5 Å². The quantitative estimate of drug-likeness (QED) is 0.232. The van der Waals surface area contributed by atoms with Gasteiger partial charge in [0.25, 0.3) is 0 Å². The number of nitrogens with zero attached hydrogens (tertiary/aromatic N) is 4. The molecule has 0 N–H and O–H groups in total. The molecule has 2 aromatic carbocycles. The topological polar surface area (TPSA) is 67.7 Å². The minimum Gasteiger partial charge on any atom is -0.457 e. The van der Waals surface area contributed by atoms with E-state index in [1.807, 2.05) is 48.6 Å². The normalized spacial score (nSPS) is 19.1. The highest BCUT2D eigenvalue weighted by molar-refractivity contribution is 5.92. The fourth-order valence-electron chi connectivity index (χ4n) is 6.99. The van der Waals surface area contributed by atoms with E-state index in [0.717, 1.165) is 110 Å². The van der Waals surface area contributed by atoms with E-state index in [4.69, 9.17) is 9.73 Å². The molecule has 6 rings (SSSR count). The summed E-state index contributed by atoms with van der Waals surface area (Å²) in [7, 11) is 0.